The summed E-state index contributed by atoms with van der Waals surface area (Å²) < 4.78 is 1.27. The minimum absolute atomic E-state index is 0.0584. The Morgan fingerprint density at radius 2 is 2.18 bits per heavy atom. The summed E-state index contributed by atoms with van der Waals surface area (Å²) in [5.41, 5.74) is 4.44. The molecule has 0 bridgehead atoms. The molecule has 2 rings (SSSR count). The monoisotopic (exact) mass is 240 g/mol. The molecule has 0 aromatic carbocycles. The first-order valence-electron chi connectivity index (χ1n) is 5.54. The van der Waals surface area contributed by atoms with Gasteiger partial charge >= 0.3 is 5.69 Å². The summed E-state index contributed by atoms with van der Waals surface area (Å²) in [7, 11) is 0. The largest absolute Gasteiger partial charge is 0.394 e. The maximum Gasteiger partial charge on any atom is 0.330 e. The van der Waals surface area contributed by atoms with Gasteiger partial charge in [-0.15, -0.1) is 0 Å². The second-order valence-corrected chi connectivity index (χ2v) is 4.33. The first-order valence-corrected chi connectivity index (χ1v) is 5.54. The lowest BCUT2D eigenvalue weighted by molar-refractivity contribution is 0.266. The Kier molecular flexibility index (Phi) is 2.70. The molecule has 0 amide bonds. The molecule has 5 N–H and O–H groups in total. The molecule has 0 radical (unpaired) electrons. The van der Waals surface area contributed by atoms with Crippen LogP contribution in [0.4, 0.5) is 11.5 Å². The number of nitrogens with two attached hydrogens (primary N) is 1. The van der Waals surface area contributed by atoms with Crippen molar-refractivity contribution in [2.24, 2.45) is 0 Å². The smallest absolute Gasteiger partial charge is 0.330 e. The molecule has 17 heavy (non-hydrogen) atoms. The molecule has 0 unspecified atom stereocenters. The Morgan fingerprint density at radius 1 is 1.53 bits per heavy atom. The van der Waals surface area contributed by atoms with E-state index in [-0.39, 0.29) is 18.1 Å². The van der Waals surface area contributed by atoms with Gasteiger partial charge in [-0.05, 0) is 19.8 Å². The lowest BCUT2D eigenvalue weighted by Crippen LogP contribution is -2.37. The van der Waals surface area contributed by atoms with Gasteiger partial charge in [0, 0.05) is 6.54 Å². The molecule has 1 fully saturated rings. The number of aliphatic hydroxyl groups is 1. The number of aliphatic hydroxyl groups excluding tert-OH is 1. The van der Waals surface area contributed by atoms with Crippen molar-refractivity contribution in [2.45, 2.75) is 31.8 Å². The maximum atomic E-state index is 11.7. The van der Waals surface area contributed by atoms with Crippen molar-refractivity contribution in [2.75, 3.05) is 17.7 Å². The molecule has 1 aliphatic rings. The van der Waals surface area contributed by atoms with Crippen LogP contribution < -0.4 is 22.3 Å². The zero-order valence-electron chi connectivity index (χ0n) is 9.62. The van der Waals surface area contributed by atoms with Crippen LogP contribution in [0, 0.1) is 0 Å². The molecule has 0 spiro atoms. The Labute approximate surface area is 97.3 Å². The SMILES string of the molecule is CCn1c(N)c(NC2(CO)CC2)c(=O)[nH]c1=O. The van der Waals surface area contributed by atoms with Gasteiger partial charge in [0.25, 0.3) is 5.56 Å². The number of hydrogen-bond acceptors (Lipinski definition) is 5. The number of aromatic amines is 1. The predicted octanol–water partition coefficient (Wildman–Crippen LogP) is -0.924. The van der Waals surface area contributed by atoms with Crippen LogP contribution in [-0.4, -0.2) is 26.8 Å². The van der Waals surface area contributed by atoms with E-state index in [1.165, 1.54) is 4.57 Å². The van der Waals surface area contributed by atoms with E-state index in [1.807, 2.05) is 0 Å². The van der Waals surface area contributed by atoms with E-state index in [1.54, 1.807) is 6.92 Å². The minimum atomic E-state index is -0.545. The number of nitrogen functional groups attached to an aromatic ring is 1. The third-order valence-corrected chi connectivity index (χ3v) is 3.10. The average Bonchev–Trinajstić information content (AvgIpc) is 3.05. The van der Waals surface area contributed by atoms with Crippen molar-refractivity contribution < 1.29 is 5.11 Å². The summed E-state index contributed by atoms with van der Waals surface area (Å²) in [5, 5.41) is 12.1. The van der Waals surface area contributed by atoms with Crippen LogP contribution in [0.2, 0.25) is 0 Å². The topological polar surface area (TPSA) is 113 Å². The number of hydrogen-bond donors (Lipinski definition) is 4. The molecule has 1 aromatic heterocycles. The van der Waals surface area contributed by atoms with E-state index < -0.39 is 16.8 Å². The Hall–Kier alpha value is -1.76. The number of H-pyrrole nitrogens is 1. The molecule has 0 saturated heterocycles. The first kappa shape index (κ1) is 11.7. The molecule has 7 heteroatoms. The first-order chi connectivity index (χ1) is 8.03. The third-order valence-electron chi connectivity index (χ3n) is 3.10. The second-order valence-electron chi connectivity index (χ2n) is 4.33. The van der Waals surface area contributed by atoms with Gasteiger partial charge in [-0.3, -0.25) is 14.3 Å². The van der Waals surface area contributed by atoms with Crippen molar-refractivity contribution >= 4 is 11.5 Å². The van der Waals surface area contributed by atoms with E-state index >= 15 is 0 Å². The molecule has 1 heterocycles. The fraction of sp³-hybridized carbons (Fsp3) is 0.600. The van der Waals surface area contributed by atoms with Crippen molar-refractivity contribution in [3.05, 3.63) is 20.8 Å². The highest BCUT2D eigenvalue weighted by Crippen LogP contribution is 2.38. The van der Waals surface area contributed by atoms with Gasteiger partial charge in [0.15, 0.2) is 0 Å². The standard InChI is InChI=1S/C10H16N4O3/c1-2-14-7(11)6(8(16)12-9(14)17)13-10(5-15)3-4-10/h13,15H,2-5,11H2,1H3,(H,12,16,17). The molecule has 0 aliphatic heterocycles. The van der Waals surface area contributed by atoms with Crippen LogP contribution in [0.15, 0.2) is 9.59 Å². The summed E-state index contributed by atoms with van der Waals surface area (Å²) in [6, 6.07) is 0. The maximum absolute atomic E-state index is 11.7. The van der Waals surface area contributed by atoms with Crippen molar-refractivity contribution in [3.8, 4) is 0 Å². The molecular weight excluding hydrogens is 224 g/mol. The van der Waals surface area contributed by atoms with Gasteiger partial charge in [-0.2, -0.15) is 0 Å². The normalized spacial score (nSPS) is 16.8. The summed E-state index contributed by atoms with van der Waals surface area (Å²) in [5.74, 6) is 0.112. The summed E-state index contributed by atoms with van der Waals surface area (Å²) in [6.07, 6.45) is 1.57. The average molecular weight is 240 g/mol. The van der Waals surface area contributed by atoms with E-state index in [4.69, 9.17) is 5.73 Å². The highest BCUT2D eigenvalue weighted by atomic mass is 16.3. The Bertz CT molecular complexity index is 541. The van der Waals surface area contributed by atoms with Crippen molar-refractivity contribution in [1.29, 1.82) is 0 Å². The second kappa shape index (κ2) is 3.92. The number of nitrogens with one attached hydrogen (secondary N) is 2. The van der Waals surface area contributed by atoms with Gasteiger partial charge in [0.2, 0.25) is 0 Å². The van der Waals surface area contributed by atoms with Crippen LogP contribution >= 0.6 is 0 Å². The molecule has 94 valence electrons. The van der Waals surface area contributed by atoms with Gasteiger partial charge in [-0.25, -0.2) is 4.79 Å². The molecular formula is C10H16N4O3. The fourth-order valence-corrected chi connectivity index (χ4v) is 1.76. The van der Waals surface area contributed by atoms with Crippen molar-refractivity contribution in [3.63, 3.8) is 0 Å². The van der Waals surface area contributed by atoms with Crippen LogP contribution in [-0.2, 0) is 6.54 Å². The number of anilines is 2. The lowest BCUT2D eigenvalue weighted by atomic mass is 10.2. The van der Waals surface area contributed by atoms with Gasteiger partial charge < -0.3 is 16.2 Å². The lowest BCUT2D eigenvalue weighted by Gasteiger charge is -2.18. The third kappa shape index (κ3) is 1.93. The van der Waals surface area contributed by atoms with E-state index in [0.29, 0.717) is 6.54 Å². The van der Waals surface area contributed by atoms with Gasteiger partial charge in [0.05, 0.1) is 12.1 Å². The van der Waals surface area contributed by atoms with E-state index in [0.717, 1.165) is 12.8 Å². The number of rotatable bonds is 4. The van der Waals surface area contributed by atoms with Crippen LogP contribution in [0.1, 0.15) is 19.8 Å². The number of aromatic nitrogens is 2. The van der Waals surface area contributed by atoms with Gasteiger partial charge in [0.1, 0.15) is 11.5 Å². The molecule has 1 aliphatic carbocycles. The zero-order valence-corrected chi connectivity index (χ0v) is 9.62. The molecule has 1 saturated carbocycles. The van der Waals surface area contributed by atoms with Crippen LogP contribution in [0.5, 0.6) is 0 Å². The number of nitrogens with zero attached hydrogens (tertiary/aromatic N) is 1. The minimum Gasteiger partial charge on any atom is -0.394 e. The summed E-state index contributed by atoms with van der Waals surface area (Å²) in [4.78, 5) is 25.3. The fourth-order valence-electron chi connectivity index (χ4n) is 1.76. The Balaban J connectivity index is 2.47. The quantitative estimate of drug-likeness (QED) is 0.543. The van der Waals surface area contributed by atoms with E-state index in [2.05, 4.69) is 10.3 Å². The molecule has 0 atom stereocenters. The Morgan fingerprint density at radius 3 is 2.65 bits per heavy atom. The van der Waals surface area contributed by atoms with Crippen LogP contribution in [0.3, 0.4) is 0 Å². The zero-order chi connectivity index (χ0) is 12.6. The highest BCUT2D eigenvalue weighted by molar-refractivity contribution is 5.62. The van der Waals surface area contributed by atoms with Gasteiger partial charge in [-0.1, -0.05) is 0 Å². The van der Waals surface area contributed by atoms with Crippen molar-refractivity contribution in [1.82, 2.24) is 9.55 Å². The summed E-state index contributed by atoms with van der Waals surface area (Å²) in [6.45, 7) is 2.08. The highest BCUT2D eigenvalue weighted by Gasteiger charge is 2.43. The predicted molar refractivity (Wildman–Crippen MR) is 64.1 cm³/mol. The molecule has 1 aromatic rings. The molecule has 7 nitrogen and oxygen atoms in total. The summed E-state index contributed by atoms with van der Waals surface area (Å²) >= 11 is 0. The van der Waals surface area contributed by atoms with E-state index in [9.17, 15) is 14.7 Å². The van der Waals surface area contributed by atoms with Crippen LogP contribution in [0.25, 0.3) is 0 Å².